The monoisotopic (exact) mass is 263 g/mol. The number of nitro benzene ring substituents is 1. The average Bonchev–Trinajstić information content (AvgIpc) is 2.39. The number of carbonyl (C=O) groups excluding carboxylic acids is 1. The molecule has 7 heteroatoms. The summed E-state index contributed by atoms with van der Waals surface area (Å²) in [6, 6.07) is 6.93. The van der Waals surface area contributed by atoms with E-state index in [1.807, 2.05) is 6.07 Å². The number of nitrogens with one attached hydrogen (secondary N) is 1. The molecule has 0 aliphatic carbocycles. The van der Waals surface area contributed by atoms with Crippen molar-refractivity contribution in [2.24, 2.45) is 0 Å². The molecule has 0 saturated heterocycles. The lowest BCUT2D eigenvalue weighted by Crippen LogP contribution is -2.32. The minimum Gasteiger partial charge on any atom is -0.493 e. The average molecular weight is 263 g/mol. The van der Waals surface area contributed by atoms with Crippen LogP contribution in [0.5, 0.6) is 5.75 Å². The van der Waals surface area contributed by atoms with Crippen LogP contribution in [0.15, 0.2) is 24.3 Å². The molecule has 1 aromatic rings. The fourth-order valence-corrected chi connectivity index (χ4v) is 1.27. The Balaban J connectivity index is 2.35. The third-order valence-corrected chi connectivity index (χ3v) is 2.22. The lowest BCUT2D eigenvalue weighted by molar-refractivity contribution is -0.384. The van der Waals surface area contributed by atoms with Gasteiger partial charge in [0.25, 0.3) is 5.69 Å². The first-order chi connectivity index (χ1) is 9.02. The molecule has 0 aliphatic heterocycles. The fraction of sp³-hybridized carbons (Fsp3) is 0.333. The number of nitro groups is 1. The molecule has 0 aliphatic rings. The summed E-state index contributed by atoms with van der Waals surface area (Å²) in [5, 5.41) is 21.4. The van der Waals surface area contributed by atoms with Crippen LogP contribution in [0.2, 0.25) is 0 Å². The SMILES string of the molecule is C[C@H](C#N)NC(=O)CCOc1ccc([N+](=O)[O-])cc1. The Kier molecular flexibility index (Phi) is 5.29. The Hall–Kier alpha value is -2.62. The molecule has 0 saturated carbocycles. The molecular formula is C12H13N3O4. The quantitative estimate of drug-likeness (QED) is 0.616. The van der Waals surface area contributed by atoms with Gasteiger partial charge in [0.2, 0.25) is 5.91 Å². The number of hydrogen-bond donors (Lipinski definition) is 1. The van der Waals surface area contributed by atoms with E-state index in [0.717, 1.165) is 0 Å². The number of amides is 1. The van der Waals surface area contributed by atoms with Gasteiger partial charge >= 0.3 is 0 Å². The van der Waals surface area contributed by atoms with Crippen molar-refractivity contribution in [3.8, 4) is 11.8 Å². The molecule has 0 bridgehead atoms. The lowest BCUT2D eigenvalue weighted by atomic mass is 10.3. The van der Waals surface area contributed by atoms with E-state index in [1.165, 1.54) is 24.3 Å². The maximum atomic E-state index is 11.3. The van der Waals surface area contributed by atoms with Crippen LogP contribution < -0.4 is 10.1 Å². The Morgan fingerprint density at radius 1 is 1.53 bits per heavy atom. The molecule has 0 aromatic heterocycles. The van der Waals surface area contributed by atoms with Crippen LogP contribution in [-0.4, -0.2) is 23.5 Å². The molecule has 1 aromatic carbocycles. The van der Waals surface area contributed by atoms with Gasteiger partial charge in [-0.2, -0.15) is 5.26 Å². The predicted octanol–water partition coefficient (Wildman–Crippen LogP) is 1.39. The number of nitrogens with zero attached hydrogens (tertiary/aromatic N) is 2. The van der Waals surface area contributed by atoms with Crippen molar-refractivity contribution in [3.05, 3.63) is 34.4 Å². The summed E-state index contributed by atoms with van der Waals surface area (Å²) in [5.41, 5.74) is -0.0204. The molecule has 100 valence electrons. The molecular weight excluding hydrogens is 250 g/mol. The second-order valence-corrected chi connectivity index (χ2v) is 3.77. The van der Waals surface area contributed by atoms with E-state index in [-0.39, 0.29) is 24.6 Å². The summed E-state index contributed by atoms with van der Waals surface area (Å²) in [7, 11) is 0. The standard InChI is InChI=1S/C12H13N3O4/c1-9(8-13)14-12(16)6-7-19-11-4-2-10(3-5-11)15(17)18/h2-5,9H,6-7H2,1H3,(H,14,16)/t9-/m1/s1. The van der Waals surface area contributed by atoms with E-state index in [9.17, 15) is 14.9 Å². The van der Waals surface area contributed by atoms with E-state index in [0.29, 0.717) is 5.75 Å². The van der Waals surface area contributed by atoms with Gasteiger partial charge in [-0.3, -0.25) is 14.9 Å². The predicted molar refractivity (Wildman–Crippen MR) is 66.4 cm³/mol. The number of nitriles is 1. The zero-order chi connectivity index (χ0) is 14.3. The molecule has 1 atom stereocenters. The third-order valence-electron chi connectivity index (χ3n) is 2.22. The zero-order valence-corrected chi connectivity index (χ0v) is 10.3. The zero-order valence-electron chi connectivity index (χ0n) is 10.3. The van der Waals surface area contributed by atoms with Gasteiger partial charge in [0, 0.05) is 12.1 Å². The topological polar surface area (TPSA) is 105 Å². The molecule has 1 rings (SSSR count). The fourth-order valence-electron chi connectivity index (χ4n) is 1.27. The maximum absolute atomic E-state index is 11.3. The van der Waals surface area contributed by atoms with E-state index < -0.39 is 11.0 Å². The number of benzene rings is 1. The van der Waals surface area contributed by atoms with Crippen LogP contribution in [0.1, 0.15) is 13.3 Å². The van der Waals surface area contributed by atoms with Gasteiger partial charge in [-0.05, 0) is 19.1 Å². The Bertz CT molecular complexity index is 493. The summed E-state index contributed by atoms with van der Waals surface area (Å²) in [5.74, 6) is 0.169. The number of rotatable bonds is 6. The Morgan fingerprint density at radius 3 is 2.68 bits per heavy atom. The highest BCUT2D eigenvalue weighted by molar-refractivity contribution is 5.76. The molecule has 0 radical (unpaired) electrons. The summed E-state index contributed by atoms with van der Waals surface area (Å²) in [6.45, 7) is 1.72. The van der Waals surface area contributed by atoms with E-state index in [4.69, 9.17) is 10.00 Å². The van der Waals surface area contributed by atoms with Crippen molar-refractivity contribution in [1.29, 1.82) is 5.26 Å². The summed E-state index contributed by atoms with van der Waals surface area (Å²) in [6.07, 6.45) is 0.114. The van der Waals surface area contributed by atoms with Gasteiger partial charge in [-0.1, -0.05) is 0 Å². The first-order valence-electron chi connectivity index (χ1n) is 5.59. The molecule has 0 fully saturated rings. The van der Waals surface area contributed by atoms with Crippen molar-refractivity contribution in [2.75, 3.05) is 6.61 Å². The number of ether oxygens (including phenoxy) is 1. The largest absolute Gasteiger partial charge is 0.493 e. The molecule has 0 spiro atoms. The van der Waals surface area contributed by atoms with Crippen molar-refractivity contribution >= 4 is 11.6 Å². The van der Waals surface area contributed by atoms with Crippen LogP contribution in [0, 0.1) is 21.4 Å². The highest BCUT2D eigenvalue weighted by Crippen LogP contribution is 2.17. The summed E-state index contributed by atoms with van der Waals surface area (Å²) < 4.78 is 5.26. The number of non-ortho nitro benzene ring substituents is 1. The molecule has 19 heavy (non-hydrogen) atoms. The molecule has 7 nitrogen and oxygen atoms in total. The molecule has 1 N–H and O–H groups in total. The third kappa shape index (κ3) is 5.04. The van der Waals surface area contributed by atoms with Crippen LogP contribution in [-0.2, 0) is 4.79 Å². The van der Waals surface area contributed by atoms with Gasteiger partial charge in [-0.25, -0.2) is 0 Å². The first-order valence-corrected chi connectivity index (χ1v) is 5.59. The van der Waals surface area contributed by atoms with Gasteiger partial charge in [0.15, 0.2) is 0 Å². The first kappa shape index (κ1) is 14.4. The minimum absolute atomic E-state index is 0.0204. The van der Waals surface area contributed by atoms with Crippen LogP contribution in [0.3, 0.4) is 0 Å². The van der Waals surface area contributed by atoms with Crippen molar-refractivity contribution in [1.82, 2.24) is 5.32 Å². The molecule has 1 amide bonds. The highest BCUT2D eigenvalue weighted by Gasteiger charge is 2.07. The van der Waals surface area contributed by atoms with Crippen LogP contribution in [0.4, 0.5) is 5.69 Å². The van der Waals surface area contributed by atoms with E-state index in [1.54, 1.807) is 6.92 Å². The maximum Gasteiger partial charge on any atom is 0.269 e. The smallest absolute Gasteiger partial charge is 0.269 e. The van der Waals surface area contributed by atoms with E-state index in [2.05, 4.69) is 5.32 Å². The highest BCUT2D eigenvalue weighted by atomic mass is 16.6. The number of hydrogen-bond acceptors (Lipinski definition) is 5. The van der Waals surface area contributed by atoms with Gasteiger partial charge in [0.1, 0.15) is 11.8 Å². The van der Waals surface area contributed by atoms with Crippen LogP contribution in [0.25, 0.3) is 0 Å². The number of carbonyl (C=O) groups is 1. The lowest BCUT2D eigenvalue weighted by Gasteiger charge is -2.07. The second kappa shape index (κ2) is 6.96. The van der Waals surface area contributed by atoms with Gasteiger partial charge < -0.3 is 10.1 Å². The van der Waals surface area contributed by atoms with Gasteiger partial charge in [-0.15, -0.1) is 0 Å². The van der Waals surface area contributed by atoms with Crippen molar-refractivity contribution in [2.45, 2.75) is 19.4 Å². The summed E-state index contributed by atoms with van der Waals surface area (Å²) in [4.78, 5) is 21.2. The molecule has 0 heterocycles. The summed E-state index contributed by atoms with van der Waals surface area (Å²) >= 11 is 0. The normalized spacial score (nSPS) is 11.2. The Morgan fingerprint density at radius 2 is 2.16 bits per heavy atom. The molecule has 0 unspecified atom stereocenters. The van der Waals surface area contributed by atoms with Gasteiger partial charge in [0.05, 0.1) is 24.0 Å². The minimum atomic E-state index is -0.535. The van der Waals surface area contributed by atoms with E-state index >= 15 is 0 Å². The Labute approximate surface area is 109 Å². The van der Waals surface area contributed by atoms with Crippen LogP contribution >= 0.6 is 0 Å². The second-order valence-electron chi connectivity index (χ2n) is 3.77. The van der Waals surface area contributed by atoms with Crippen molar-refractivity contribution < 1.29 is 14.5 Å². The van der Waals surface area contributed by atoms with Crippen molar-refractivity contribution in [3.63, 3.8) is 0 Å².